The quantitative estimate of drug-likeness (QED) is 0.837. The van der Waals surface area contributed by atoms with Crippen molar-refractivity contribution in [2.45, 2.75) is 19.1 Å². The molecule has 18 heavy (non-hydrogen) atoms. The van der Waals surface area contributed by atoms with E-state index in [0.29, 0.717) is 11.5 Å². The minimum atomic E-state index is -0.0116. The molecule has 1 aromatic heterocycles. The van der Waals surface area contributed by atoms with E-state index in [1.807, 2.05) is 24.8 Å². The molecular formula is C12H16N2OS3. The highest BCUT2D eigenvalue weighted by atomic mass is 32.2. The van der Waals surface area contributed by atoms with Gasteiger partial charge in [-0.15, -0.1) is 11.3 Å². The molecule has 2 heterocycles. The summed E-state index contributed by atoms with van der Waals surface area (Å²) in [5, 5.41) is 2.89. The SMILES string of the molecule is CC(CNC(=O)c1cc2c(s1)CCSC2)C(N)=S. The van der Waals surface area contributed by atoms with Crippen LogP contribution in [-0.2, 0) is 12.2 Å². The summed E-state index contributed by atoms with van der Waals surface area (Å²) in [6.07, 6.45) is 1.08. The lowest BCUT2D eigenvalue weighted by molar-refractivity contribution is 0.0955. The van der Waals surface area contributed by atoms with Gasteiger partial charge in [0.15, 0.2) is 0 Å². The molecule has 0 fully saturated rings. The van der Waals surface area contributed by atoms with Gasteiger partial charge in [-0.1, -0.05) is 19.1 Å². The zero-order valence-corrected chi connectivity index (χ0v) is 12.6. The molecule has 1 aliphatic heterocycles. The van der Waals surface area contributed by atoms with Crippen LogP contribution >= 0.6 is 35.3 Å². The number of thiocarbonyl (C=S) groups is 1. The minimum Gasteiger partial charge on any atom is -0.393 e. The van der Waals surface area contributed by atoms with Crippen LogP contribution in [0.3, 0.4) is 0 Å². The van der Waals surface area contributed by atoms with Crippen LogP contribution in [0, 0.1) is 5.92 Å². The van der Waals surface area contributed by atoms with Crippen molar-refractivity contribution in [2.75, 3.05) is 12.3 Å². The number of hydrogen-bond acceptors (Lipinski definition) is 4. The summed E-state index contributed by atoms with van der Waals surface area (Å²) in [5.74, 6) is 2.21. The van der Waals surface area contributed by atoms with E-state index in [1.54, 1.807) is 11.3 Å². The number of nitrogens with one attached hydrogen (secondary N) is 1. The highest BCUT2D eigenvalue weighted by Gasteiger charge is 2.17. The first-order chi connectivity index (χ1) is 8.58. The molecule has 98 valence electrons. The average molecular weight is 300 g/mol. The van der Waals surface area contributed by atoms with Crippen molar-refractivity contribution < 1.29 is 4.79 Å². The van der Waals surface area contributed by atoms with Crippen molar-refractivity contribution in [3.05, 3.63) is 21.4 Å². The highest BCUT2D eigenvalue weighted by Crippen LogP contribution is 2.31. The van der Waals surface area contributed by atoms with E-state index in [4.69, 9.17) is 18.0 Å². The second kappa shape index (κ2) is 6.04. The van der Waals surface area contributed by atoms with E-state index in [2.05, 4.69) is 5.32 Å². The van der Waals surface area contributed by atoms with E-state index in [9.17, 15) is 4.79 Å². The average Bonchev–Trinajstić information content (AvgIpc) is 2.79. The Bertz CT molecular complexity index is 446. The first kappa shape index (κ1) is 13.8. The Hall–Kier alpha value is -0.590. The minimum absolute atomic E-state index is 0.0116. The van der Waals surface area contributed by atoms with Crippen molar-refractivity contribution >= 4 is 46.2 Å². The molecule has 0 aliphatic carbocycles. The molecule has 6 heteroatoms. The predicted octanol–water partition coefficient (Wildman–Crippen LogP) is 2.19. The Balaban J connectivity index is 1.97. The molecule has 0 bridgehead atoms. The molecule has 0 spiro atoms. The summed E-state index contributed by atoms with van der Waals surface area (Å²) >= 11 is 8.42. The first-order valence-corrected chi connectivity index (χ1v) is 8.22. The first-order valence-electron chi connectivity index (χ1n) is 5.84. The Labute approximate surface area is 121 Å². The van der Waals surface area contributed by atoms with Gasteiger partial charge in [-0.25, -0.2) is 0 Å². The Morgan fingerprint density at radius 1 is 1.67 bits per heavy atom. The van der Waals surface area contributed by atoms with Crippen LogP contribution in [0.2, 0.25) is 0 Å². The predicted molar refractivity (Wildman–Crippen MR) is 82.5 cm³/mol. The van der Waals surface area contributed by atoms with Gasteiger partial charge in [0.1, 0.15) is 0 Å². The number of fused-ring (bicyclic) bond motifs is 1. The third-order valence-electron chi connectivity index (χ3n) is 2.91. The maximum Gasteiger partial charge on any atom is 0.261 e. The molecule has 3 N–H and O–H groups in total. The van der Waals surface area contributed by atoms with Crippen LogP contribution in [-0.4, -0.2) is 23.2 Å². The number of carbonyl (C=O) groups is 1. The van der Waals surface area contributed by atoms with E-state index < -0.39 is 0 Å². The number of aryl methyl sites for hydroxylation is 1. The molecule has 0 saturated heterocycles. The fourth-order valence-corrected chi connectivity index (χ4v) is 4.06. The normalized spacial score (nSPS) is 15.8. The summed E-state index contributed by atoms with van der Waals surface area (Å²) in [5.41, 5.74) is 6.84. The summed E-state index contributed by atoms with van der Waals surface area (Å²) in [6.45, 7) is 2.42. The molecule has 0 radical (unpaired) electrons. The number of amides is 1. The molecule has 1 aromatic rings. The van der Waals surface area contributed by atoms with Crippen molar-refractivity contribution in [2.24, 2.45) is 11.7 Å². The number of nitrogens with two attached hydrogens (primary N) is 1. The fraction of sp³-hybridized carbons (Fsp3) is 0.500. The van der Waals surface area contributed by atoms with Crippen LogP contribution < -0.4 is 11.1 Å². The van der Waals surface area contributed by atoms with Crippen molar-refractivity contribution in [3.8, 4) is 0 Å². The van der Waals surface area contributed by atoms with Crippen molar-refractivity contribution in [1.82, 2.24) is 5.32 Å². The smallest absolute Gasteiger partial charge is 0.261 e. The second-order valence-electron chi connectivity index (χ2n) is 4.38. The van der Waals surface area contributed by atoms with Gasteiger partial charge in [0, 0.05) is 23.1 Å². The van der Waals surface area contributed by atoms with E-state index in [1.165, 1.54) is 10.4 Å². The number of thioether (sulfide) groups is 1. The molecule has 1 aliphatic rings. The number of thiophene rings is 1. The van der Waals surface area contributed by atoms with Gasteiger partial charge >= 0.3 is 0 Å². The van der Waals surface area contributed by atoms with E-state index in [0.717, 1.165) is 22.8 Å². The van der Waals surface area contributed by atoms with Crippen LogP contribution in [0.15, 0.2) is 6.07 Å². The third-order valence-corrected chi connectivity index (χ3v) is 5.55. The van der Waals surface area contributed by atoms with Gasteiger partial charge in [-0.3, -0.25) is 4.79 Å². The fourth-order valence-electron chi connectivity index (χ4n) is 1.69. The monoisotopic (exact) mass is 300 g/mol. The Morgan fingerprint density at radius 2 is 2.44 bits per heavy atom. The number of carbonyl (C=O) groups excluding carboxylic acids is 1. The molecule has 1 atom stereocenters. The molecule has 2 rings (SSSR count). The van der Waals surface area contributed by atoms with Crippen LogP contribution in [0.25, 0.3) is 0 Å². The van der Waals surface area contributed by atoms with Crippen molar-refractivity contribution in [3.63, 3.8) is 0 Å². The van der Waals surface area contributed by atoms with Gasteiger partial charge in [0.2, 0.25) is 0 Å². The summed E-state index contributed by atoms with van der Waals surface area (Å²) in [4.78, 5) is 14.6. The number of hydrogen-bond donors (Lipinski definition) is 2. The lowest BCUT2D eigenvalue weighted by Crippen LogP contribution is -2.33. The summed E-state index contributed by atoms with van der Waals surface area (Å²) in [7, 11) is 0. The highest BCUT2D eigenvalue weighted by molar-refractivity contribution is 7.98. The lowest BCUT2D eigenvalue weighted by Gasteiger charge is -2.09. The summed E-state index contributed by atoms with van der Waals surface area (Å²) < 4.78 is 0. The zero-order valence-electron chi connectivity index (χ0n) is 10.2. The molecule has 0 aromatic carbocycles. The van der Waals surface area contributed by atoms with Crippen molar-refractivity contribution in [1.29, 1.82) is 0 Å². The molecule has 1 amide bonds. The molecular weight excluding hydrogens is 284 g/mol. The Kier molecular flexibility index (Phi) is 4.64. The standard InChI is InChI=1S/C12H16N2OS3/c1-7(11(13)16)5-14-12(15)10-4-8-6-17-3-2-9(8)18-10/h4,7H,2-3,5-6H2,1H3,(H2,13,16)(H,14,15). The van der Waals surface area contributed by atoms with Crippen LogP contribution in [0.5, 0.6) is 0 Å². The second-order valence-corrected chi connectivity index (χ2v) is 7.09. The van der Waals surface area contributed by atoms with E-state index >= 15 is 0 Å². The topological polar surface area (TPSA) is 55.1 Å². The van der Waals surface area contributed by atoms with Gasteiger partial charge in [0.05, 0.1) is 9.87 Å². The summed E-state index contributed by atoms with van der Waals surface area (Å²) in [6, 6.07) is 2.02. The maximum atomic E-state index is 12.0. The molecule has 0 saturated carbocycles. The van der Waals surface area contributed by atoms with Gasteiger partial charge in [-0.2, -0.15) is 11.8 Å². The van der Waals surface area contributed by atoms with Crippen LogP contribution in [0.1, 0.15) is 27.0 Å². The zero-order chi connectivity index (χ0) is 13.1. The largest absolute Gasteiger partial charge is 0.393 e. The van der Waals surface area contributed by atoms with Gasteiger partial charge in [0.25, 0.3) is 5.91 Å². The van der Waals surface area contributed by atoms with Gasteiger partial charge < -0.3 is 11.1 Å². The van der Waals surface area contributed by atoms with Crippen LogP contribution in [0.4, 0.5) is 0 Å². The third kappa shape index (κ3) is 3.24. The van der Waals surface area contributed by atoms with E-state index in [-0.39, 0.29) is 11.8 Å². The lowest BCUT2D eigenvalue weighted by atomic mass is 10.2. The Morgan fingerprint density at radius 3 is 3.11 bits per heavy atom. The number of rotatable bonds is 4. The molecule has 3 nitrogen and oxygen atoms in total. The van der Waals surface area contributed by atoms with Gasteiger partial charge in [-0.05, 0) is 23.8 Å². The maximum absolute atomic E-state index is 12.0. The molecule has 1 unspecified atom stereocenters.